The fourth-order valence-corrected chi connectivity index (χ4v) is 3.71. The molecule has 0 aliphatic rings. The van der Waals surface area contributed by atoms with Crippen molar-refractivity contribution in [3.05, 3.63) is 47.4 Å². The number of sulfonamides is 1. The molecular weight excluding hydrogens is 420 g/mol. The molecule has 2 N–H and O–H groups in total. The Morgan fingerprint density at radius 2 is 1.87 bits per heavy atom. The molecule has 0 bridgehead atoms. The maximum absolute atomic E-state index is 12.8. The Kier molecular flexibility index (Phi) is 8.38. The summed E-state index contributed by atoms with van der Waals surface area (Å²) in [5.41, 5.74) is 0.780. The number of ether oxygens (including phenoxy) is 1. The van der Waals surface area contributed by atoms with Crippen molar-refractivity contribution in [3.63, 3.8) is 0 Å². The van der Waals surface area contributed by atoms with Crippen LogP contribution >= 0.6 is 0 Å². The quantitative estimate of drug-likeness (QED) is 0.328. The predicted molar refractivity (Wildman–Crippen MR) is 118 cm³/mol. The smallest absolute Gasteiger partial charge is 0.330 e. The molecule has 1 aromatic heterocycles. The number of carbonyl (C=O) groups excluding carboxylic acids is 2. The van der Waals surface area contributed by atoms with E-state index in [4.69, 9.17) is 4.74 Å². The fraction of sp³-hybridized carbons (Fsp3) is 0.381. The van der Waals surface area contributed by atoms with Crippen LogP contribution in [-0.4, -0.2) is 43.0 Å². The number of amides is 1. The molecule has 9 nitrogen and oxygen atoms in total. The number of carbonyl (C=O) groups is 2. The van der Waals surface area contributed by atoms with Gasteiger partial charge >= 0.3 is 5.97 Å². The summed E-state index contributed by atoms with van der Waals surface area (Å²) in [4.78, 5) is 28.2. The minimum atomic E-state index is -3.98. The molecule has 0 spiro atoms. The second-order valence-electron chi connectivity index (χ2n) is 6.78. The molecule has 31 heavy (non-hydrogen) atoms. The molecule has 1 heterocycles. The van der Waals surface area contributed by atoms with Crippen LogP contribution in [-0.2, 0) is 26.6 Å². The number of aromatic nitrogens is 2. The van der Waals surface area contributed by atoms with Gasteiger partial charge in [0.05, 0.1) is 11.5 Å². The summed E-state index contributed by atoms with van der Waals surface area (Å²) in [6, 6.07) is 5.94. The van der Waals surface area contributed by atoms with Crippen LogP contribution in [0.2, 0.25) is 0 Å². The molecule has 0 radical (unpaired) electrons. The number of unbranched alkanes of at least 4 members (excludes halogenated alkanes) is 1. The fourth-order valence-electron chi connectivity index (χ4n) is 2.70. The van der Waals surface area contributed by atoms with Crippen LogP contribution in [0.5, 0.6) is 0 Å². The van der Waals surface area contributed by atoms with Crippen LogP contribution in [0.25, 0.3) is 6.08 Å². The highest BCUT2D eigenvalue weighted by atomic mass is 32.2. The van der Waals surface area contributed by atoms with Crippen molar-refractivity contribution in [2.75, 3.05) is 17.9 Å². The van der Waals surface area contributed by atoms with Crippen LogP contribution in [0.15, 0.2) is 35.2 Å². The molecular formula is C21H28N4O5S. The van der Waals surface area contributed by atoms with E-state index in [2.05, 4.69) is 15.0 Å². The van der Waals surface area contributed by atoms with Crippen molar-refractivity contribution in [1.29, 1.82) is 0 Å². The highest BCUT2D eigenvalue weighted by Crippen LogP contribution is 2.21. The Bertz CT molecular complexity index is 1060. The summed E-state index contributed by atoms with van der Waals surface area (Å²) in [6.45, 7) is 6.18. The normalized spacial score (nSPS) is 11.5. The van der Waals surface area contributed by atoms with Gasteiger partial charge in [-0.15, -0.1) is 0 Å². The number of benzene rings is 1. The Labute approximate surface area is 182 Å². The predicted octanol–water partition coefficient (Wildman–Crippen LogP) is 2.64. The molecule has 0 aliphatic heterocycles. The van der Waals surface area contributed by atoms with Crippen LogP contribution in [0.1, 0.15) is 48.6 Å². The van der Waals surface area contributed by atoms with E-state index in [0.717, 1.165) is 12.8 Å². The first-order chi connectivity index (χ1) is 14.7. The van der Waals surface area contributed by atoms with Gasteiger partial charge in [0.25, 0.3) is 15.9 Å². The summed E-state index contributed by atoms with van der Waals surface area (Å²) in [5, 5.41) is 2.78. The number of nitrogens with zero attached hydrogens (tertiary/aromatic N) is 2. The Morgan fingerprint density at radius 3 is 2.48 bits per heavy atom. The highest BCUT2D eigenvalue weighted by molar-refractivity contribution is 7.92. The molecule has 168 valence electrons. The first-order valence-electron chi connectivity index (χ1n) is 9.98. The molecule has 0 aliphatic carbocycles. The number of aryl methyl sites for hydroxylation is 1. The summed E-state index contributed by atoms with van der Waals surface area (Å²) < 4.78 is 34.4. The van der Waals surface area contributed by atoms with E-state index in [1.54, 1.807) is 37.6 Å². The molecule has 2 aromatic rings. The van der Waals surface area contributed by atoms with E-state index >= 15 is 0 Å². The first kappa shape index (κ1) is 24.1. The SMILES string of the molecule is CCCCNC(=O)c1c(NS(=O)(=O)c2ccc(/C=C/C(=O)OCC)cc2)nc(C)n1C. The van der Waals surface area contributed by atoms with Gasteiger partial charge in [0, 0.05) is 19.7 Å². The van der Waals surface area contributed by atoms with Gasteiger partial charge in [-0.05, 0) is 44.0 Å². The van der Waals surface area contributed by atoms with Crippen molar-refractivity contribution in [1.82, 2.24) is 14.9 Å². The maximum Gasteiger partial charge on any atom is 0.330 e. The Balaban J connectivity index is 2.22. The molecule has 1 aromatic carbocycles. The number of esters is 1. The van der Waals surface area contributed by atoms with Crippen molar-refractivity contribution in [3.8, 4) is 0 Å². The average Bonchev–Trinajstić information content (AvgIpc) is 2.99. The Morgan fingerprint density at radius 1 is 1.19 bits per heavy atom. The molecule has 0 saturated carbocycles. The molecule has 0 atom stereocenters. The standard InChI is InChI=1S/C21H28N4O5S/c1-5-7-14-22-21(27)19-20(23-15(3)25(19)4)24-31(28,29)17-11-8-16(9-12-17)10-13-18(26)30-6-2/h8-13,24H,5-7,14H2,1-4H3,(H,22,27)/b13-10+. The monoisotopic (exact) mass is 448 g/mol. The zero-order chi connectivity index (χ0) is 23.0. The van der Waals surface area contributed by atoms with Gasteiger partial charge in [-0.3, -0.25) is 9.52 Å². The van der Waals surface area contributed by atoms with Gasteiger partial charge in [0.2, 0.25) is 0 Å². The lowest BCUT2D eigenvalue weighted by molar-refractivity contribution is -0.137. The summed E-state index contributed by atoms with van der Waals surface area (Å²) in [7, 11) is -2.32. The number of anilines is 1. The van der Waals surface area contributed by atoms with Gasteiger partial charge in [0.1, 0.15) is 5.82 Å². The van der Waals surface area contributed by atoms with Crippen LogP contribution in [0, 0.1) is 6.92 Å². The van der Waals surface area contributed by atoms with Crippen molar-refractivity contribution < 1.29 is 22.7 Å². The Hall–Kier alpha value is -3.14. The molecule has 1 amide bonds. The summed E-state index contributed by atoms with van der Waals surface area (Å²) >= 11 is 0. The molecule has 10 heteroatoms. The van der Waals surface area contributed by atoms with Crippen molar-refractivity contribution in [2.24, 2.45) is 7.05 Å². The zero-order valence-corrected chi connectivity index (χ0v) is 19.0. The number of nitrogens with one attached hydrogen (secondary N) is 2. The minimum Gasteiger partial charge on any atom is -0.463 e. The molecule has 0 unspecified atom stereocenters. The topological polar surface area (TPSA) is 119 Å². The van der Waals surface area contributed by atoms with Crippen LogP contribution in [0.3, 0.4) is 0 Å². The third-order valence-corrected chi connectivity index (χ3v) is 5.82. The summed E-state index contributed by atoms with van der Waals surface area (Å²) in [5.74, 6) is -0.400. The van der Waals surface area contributed by atoms with Gasteiger partial charge in [-0.25, -0.2) is 18.2 Å². The van der Waals surface area contributed by atoms with E-state index < -0.39 is 21.9 Å². The lowest BCUT2D eigenvalue weighted by Crippen LogP contribution is -2.28. The lowest BCUT2D eigenvalue weighted by atomic mass is 10.2. The largest absolute Gasteiger partial charge is 0.463 e. The van der Waals surface area contributed by atoms with E-state index in [9.17, 15) is 18.0 Å². The van der Waals surface area contributed by atoms with Gasteiger partial charge < -0.3 is 14.6 Å². The number of imidazole rings is 1. The molecule has 2 rings (SSSR count). The van der Waals surface area contributed by atoms with Crippen molar-refractivity contribution >= 4 is 33.8 Å². The number of hydrogen-bond acceptors (Lipinski definition) is 6. The van der Waals surface area contributed by atoms with Crippen LogP contribution in [0.4, 0.5) is 5.82 Å². The second-order valence-corrected chi connectivity index (χ2v) is 8.47. The minimum absolute atomic E-state index is 0.00133. The van der Waals surface area contributed by atoms with Crippen molar-refractivity contribution in [2.45, 2.75) is 38.5 Å². The number of rotatable bonds is 10. The second kappa shape index (κ2) is 10.8. The van der Waals surface area contributed by atoms with E-state index in [0.29, 0.717) is 17.9 Å². The number of hydrogen-bond donors (Lipinski definition) is 2. The van der Waals surface area contributed by atoms with Gasteiger partial charge in [-0.1, -0.05) is 25.5 Å². The maximum atomic E-state index is 12.8. The van der Waals surface area contributed by atoms with Gasteiger partial charge in [0.15, 0.2) is 11.5 Å². The summed E-state index contributed by atoms with van der Waals surface area (Å²) in [6.07, 6.45) is 4.55. The van der Waals surface area contributed by atoms with Crippen LogP contribution < -0.4 is 10.0 Å². The highest BCUT2D eigenvalue weighted by Gasteiger charge is 2.24. The first-order valence-corrected chi connectivity index (χ1v) is 11.5. The average molecular weight is 449 g/mol. The molecule has 0 fully saturated rings. The third kappa shape index (κ3) is 6.42. The molecule has 0 saturated heterocycles. The van der Waals surface area contributed by atoms with E-state index in [1.807, 2.05) is 6.92 Å². The third-order valence-electron chi connectivity index (χ3n) is 4.47. The zero-order valence-electron chi connectivity index (χ0n) is 18.1. The van der Waals surface area contributed by atoms with Gasteiger partial charge in [-0.2, -0.15) is 0 Å². The van der Waals surface area contributed by atoms with E-state index in [1.165, 1.54) is 24.3 Å². The van der Waals surface area contributed by atoms with E-state index in [-0.39, 0.29) is 23.0 Å². The lowest BCUT2D eigenvalue weighted by Gasteiger charge is -2.10.